The van der Waals surface area contributed by atoms with Crippen molar-refractivity contribution in [3.8, 4) is 0 Å². The average Bonchev–Trinajstić information content (AvgIpc) is 2.68. The van der Waals surface area contributed by atoms with E-state index in [1.165, 1.54) is 18.2 Å². The van der Waals surface area contributed by atoms with Gasteiger partial charge in [0.25, 0.3) is 0 Å². The highest BCUT2D eigenvalue weighted by molar-refractivity contribution is 6.02. The van der Waals surface area contributed by atoms with E-state index in [9.17, 15) is 19.1 Å². The number of benzene rings is 2. The molecule has 27 heavy (non-hydrogen) atoms. The molecule has 1 unspecified atom stereocenters. The predicted octanol–water partition coefficient (Wildman–Crippen LogP) is 2.67. The van der Waals surface area contributed by atoms with E-state index in [4.69, 9.17) is 0 Å². The largest absolute Gasteiger partial charge is 0.478 e. The highest BCUT2D eigenvalue weighted by Crippen LogP contribution is 2.19. The Morgan fingerprint density at radius 1 is 1.04 bits per heavy atom. The number of carboxylic acids is 1. The number of aromatic carboxylic acids is 1. The second kappa shape index (κ2) is 8.18. The third-order valence-corrected chi connectivity index (χ3v) is 4.85. The number of rotatable bonds is 5. The van der Waals surface area contributed by atoms with E-state index < -0.39 is 5.97 Å². The van der Waals surface area contributed by atoms with Crippen molar-refractivity contribution in [2.75, 3.05) is 36.4 Å². The standard InChI is InChI=1S/C20H22FN3O3/c1-14(19(25)22-18-5-3-2-4-17(18)20(26)27)23-10-12-24(13-11-23)16-8-6-15(21)7-9-16/h2-9,14H,10-13H2,1H3,(H,22,25)(H,26,27). The van der Waals surface area contributed by atoms with Crippen LogP contribution in [0.15, 0.2) is 48.5 Å². The predicted molar refractivity (Wildman–Crippen MR) is 102 cm³/mol. The first-order chi connectivity index (χ1) is 13.0. The first-order valence-electron chi connectivity index (χ1n) is 8.83. The van der Waals surface area contributed by atoms with Crippen molar-refractivity contribution in [2.24, 2.45) is 0 Å². The monoisotopic (exact) mass is 371 g/mol. The summed E-state index contributed by atoms with van der Waals surface area (Å²) in [6.45, 7) is 4.65. The minimum absolute atomic E-state index is 0.0687. The van der Waals surface area contributed by atoms with Crippen LogP contribution in [0.1, 0.15) is 17.3 Å². The molecule has 1 amide bonds. The number of para-hydroxylation sites is 1. The maximum atomic E-state index is 13.1. The Kier molecular flexibility index (Phi) is 5.71. The molecule has 1 saturated heterocycles. The fourth-order valence-electron chi connectivity index (χ4n) is 3.20. The van der Waals surface area contributed by atoms with E-state index in [2.05, 4.69) is 15.1 Å². The molecule has 1 aliphatic rings. The molecule has 0 aromatic heterocycles. The van der Waals surface area contributed by atoms with Gasteiger partial charge in [-0.25, -0.2) is 9.18 Å². The summed E-state index contributed by atoms with van der Waals surface area (Å²) in [5.41, 5.74) is 1.33. The number of nitrogens with zero attached hydrogens (tertiary/aromatic N) is 2. The molecule has 142 valence electrons. The first-order valence-corrected chi connectivity index (χ1v) is 8.83. The van der Waals surface area contributed by atoms with Gasteiger partial charge in [-0.15, -0.1) is 0 Å². The Morgan fingerprint density at radius 2 is 1.67 bits per heavy atom. The molecule has 0 aliphatic carbocycles. The van der Waals surface area contributed by atoms with Crippen LogP contribution >= 0.6 is 0 Å². The summed E-state index contributed by atoms with van der Waals surface area (Å²) in [5, 5.41) is 12.0. The van der Waals surface area contributed by atoms with Crippen LogP contribution in [0.4, 0.5) is 15.8 Å². The molecule has 2 N–H and O–H groups in total. The van der Waals surface area contributed by atoms with E-state index in [1.807, 2.05) is 6.92 Å². The van der Waals surface area contributed by atoms with Gasteiger partial charge >= 0.3 is 5.97 Å². The van der Waals surface area contributed by atoms with Crippen LogP contribution in [-0.2, 0) is 4.79 Å². The van der Waals surface area contributed by atoms with Crippen LogP contribution < -0.4 is 10.2 Å². The van der Waals surface area contributed by atoms with Crippen molar-refractivity contribution in [1.82, 2.24) is 4.90 Å². The Bertz CT molecular complexity index is 817. The van der Waals surface area contributed by atoms with Crippen molar-refractivity contribution in [3.63, 3.8) is 0 Å². The summed E-state index contributed by atoms with van der Waals surface area (Å²) >= 11 is 0. The van der Waals surface area contributed by atoms with Gasteiger partial charge in [-0.3, -0.25) is 9.69 Å². The number of hydrogen-bond acceptors (Lipinski definition) is 4. The van der Waals surface area contributed by atoms with Crippen LogP contribution in [0.25, 0.3) is 0 Å². The van der Waals surface area contributed by atoms with Crippen LogP contribution in [0.2, 0.25) is 0 Å². The number of nitrogens with one attached hydrogen (secondary N) is 1. The quantitative estimate of drug-likeness (QED) is 0.845. The summed E-state index contributed by atoms with van der Waals surface area (Å²) in [4.78, 5) is 28.1. The van der Waals surface area contributed by atoms with Gasteiger partial charge in [0.05, 0.1) is 17.3 Å². The number of carbonyl (C=O) groups excluding carboxylic acids is 1. The van der Waals surface area contributed by atoms with Gasteiger partial charge < -0.3 is 15.3 Å². The lowest BCUT2D eigenvalue weighted by molar-refractivity contribution is -0.120. The van der Waals surface area contributed by atoms with Gasteiger partial charge in [-0.1, -0.05) is 12.1 Å². The summed E-state index contributed by atoms with van der Waals surface area (Å²) in [6, 6.07) is 12.4. The number of carbonyl (C=O) groups is 2. The number of piperazine rings is 1. The fraction of sp³-hybridized carbons (Fsp3) is 0.300. The Labute approximate surface area is 157 Å². The number of carboxylic acid groups (broad SMARTS) is 1. The molecule has 0 spiro atoms. The summed E-state index contributed by atoms with van der Waals surface area (Å²) < 4.78 is 13.1. The van der Waals surface area contributed by atoms with Gasteiger partial charge in [0.1, 0.15) is 5.82 Å². The molecule has 1 fully saturated rings. The smallest absolute Gasteiger partial charge is 0.337 e. The van der Waals surface area contributed by atoms with Crippen molar-refractivity contribution >= 4 is 23.3 Å². The molecule has 1 heterocycles. The summed E-state index contributed by atoms with van der Waals surface area (Å²) in [6.07, 6.45) is 0. The van der Waals surface area contributed by atoms with Crippen LogP contribution in [0.3, 0.4) is 0 Å². The lowest BCUT2D eigenvalue weighted by Gasteiger charge is -2.38. The molecule has 1 aliphatic heterocycles. The van der Waals surface area contributed by atoms with E-state index >= 15 is 0 Å². The Morgan fingerprint density at radius 3 is 2.30 bits per heavy atom. The third-order valence-electron chi connectivity index (χ3n) is 4.85. The second-order valence-corrected chi connectivity index (χ2v) is 6.52. The number of halogens is 1. The molecule has 2 aromatic carbocycles. The van der Waals surface area contributed by atoms with E-state index in [0.717, 1.165) is 18.8 Å². The maximum Gasteiger partial charge on any atom is 0.337 e. The highest BCUT2D eigenvalue weighted by atomic mass is 19.1. The molecule has 0 radical (unpaired) electrons. The van der Waals surface area contributed by atoms with Gasteiger partial charge in [-0.05, 0) is 43.3 Å². The summed E-state index contributed by atoms with van der Waals surface area (Å²) in [5.74, 6) is -1.57. The molecular weight excluding hydrogens is 349 g/mol. The SMILES string of the molecule is CC(C(=O)Nc1ccccc1C(=O)O)N1CCN(c2ccc(F)cc2)CC1. The van der Waals surface area contributed by atoms with Crippen molar-refractivity contribution in [2.45, 2.75) is 13.0 Å². The van der Waals surface area contributed by atoms with Gasteiger partial charge in [0.15, 0.2) is 0 Å². The molecule has 0 bridgehead atoms. The van der Waals surface area contributed by atoms with Gasteiger partial charge in [0.2, 0.25) is 5.91 Å². The van der Waals surface area contributed by atoms with Crippen molar-refractivity contribution in [1.29, 1.82) is 0 Å². The minimum atomic E-state index is -1.08. The zero-order valence-electron chi connectivity index (χ0n) is 15.1. The van der Waals surface area contributed by atoms with Crippen molar-refractivity contribution in [3.05, 3.63) is 59.9 Å². The molecule has 3 rings (SSSR count). The highest BCUT2D eigenvalue weighted by Gasteiger charge is 2.26. The molecule has 0 saturated carbocycles. The molecule has 2 aromatic rings. The van der Waals surface area contributed by atoms with E-state index in [-0.39, 0.29) is 23.3 Å². The zero-order valence-corrected chi connectivity index (χ0v) is 15.1. The number of anilines is 2. The van der Waals surface area contributed by atoms with Gasteiger partial charge in [0, 0.05) is 31.9 Å². The fourth-order valence-corrected chi connectivity index (χ4v) is 3.20. The first kappa shape index (κ1) is 18.8. The normalized spacial score (nSPS) is 16.0. The molecular formula is C20H22FN3O3. The average molecular weight is 371 g/mol. The van der Waals surface area contributed by atoms with Crippen LogP contribution in [0, 0.1) is 5.82 Å². The second-order valence-electron chi connectivity index (χ2n) is 6.52. The van der Waals surface area contributed by atoms with E-state index in [0.29, 0.717) is 18.8 Å². The third kappa shape index (κ3) is 4.43. The minimum Gasteiger partial charge on any atom is -0.478 e. The van der Waals surface area contributed by atoms with Crippen molar-refractivity contribution < 1.29 is 19.1 Å². The molecule has 6 nitrogen and oxygen atoms in total. The summed E-state index contributed by atoms with van der Waals surface area (Å²) in [7, 11) is 0. The molecule has 7 heteroatoms. The lowest BCUT2D eigenvalue weighted by atomic mass is 10.1. The number of hydrogen-bond donors (Lipinski definition) is 2. The lowest BCUT2D eigenvalue weighted by Crippen LogP contribution is -2.52. The Balaban J connectivity index is 1.59. The van der Waals surface area contributed by atoms with E-state index in [1.54, 1.807) is 30.3 Å². The molecule has 1 atom stereocenters. The number of amides is 1. The maximum absolute atomic E-state index is 13.1. The van der Waals surface area contributed by atoms with Crippen LogP contribution in [-0.4, -0.2) is 54.1 Å². The Hall–Kier alpha value is -2.93. The van der Waals surface area contributed by atoms with Gasteiger partial charge in [-0.2, -0.15) is 0 Å². The zero-order chi connectivity index (χ0) is 19.4. The topological polar surface area (TPSA) is 72.9 Å². The van der Waals surface area contributed by atoms with Crippen LogP contribution in [0.5, 0.6) is 0 Å².